The van der Waals surface area contributed by atoms with Gasteiger partial charge in [0.15, 0.2) is 0 Å². The SMILES string of the molecule is CC(=O)N1c2ccc(N3CCN(C(=O)OC(C)(C)C)CC3)cc2[C@H](Cc2ccc(C(N)=O)cc2)[C@@H](C)[C@@H]1C. The molecule has 0 aromatic heterocycles. The number of hydrogen-bond acceptors (Lipinski definition) is 5. The zero-order valence-corrected chi connectivity index (χ0v) is 23.4. The van der Waals surface area contributed by atoms with Crippen molar-refractivity contribution < 1.29 is 19.1 Å². The number of nitrogens with two attached hydrogens (primary N) is 1. The van der Waals surface area contributed by atoms with Crippen molar-refractivity contribution in [3.05, 3.63) is 59.2 Å². The Kier molecular flexibility index (Phi) is 7.72. The first-order valence-corrected chi connectivity index (χ1v) is 13.4. The Labute approximate surface area is 225 Å². The number of carbonyl (C=O) groups excluding carboxylic acids is 3. The number of fused-ring (bicyclic) bond motifs is 1. The van der Waals surface area contributed by atoms with Crippen LogP contribution in [0.15, 0.2) is 42.5 Å². The van der Waals surface area contributed by atoms with Gasteiger partial charge < -0.3 is 25.2 Å². The number of hydrogen-bond donors (Lipinski definition) is 1. The van der Waals surface area contributed by atoms with Gasteiger partial charge in [-0.15, -0.1) is 0 Å². The van der Waals surface area contributed by atoms with Gasteiger partial charge in [-0.2, -0.15) is 0 Å². The van der Waals surface area contributed by atoms with Crippen LogP contribution in [0.4, 0.5) is 16.2 Å². The predicted octanol–water partition coefficient (Wildman–Crippen LogP) is 4.56. The Hall–Kier alpha value is -3.55. The largest absolute Gasteiger partial charge is 0.444 e. The van der Waals surface area contributed by atoms with E-state index in [1.165, 1.54) is 0 Å². The summed E-state index contributed by atoms with van der Waals surface area (Å²) in [5.74, 6) is 0.0168. The highest BCUT2D eigenvalue weighted by atomic mass is 16.6. The van der Waals surface area contributed by atoms with E-state index in [-0.39, 0.29) is 29.9 Å². The maximum atomic E-state index is 12.7. The number of piperazine rings is 1. The Morgan fingerprint density at radius 2 is 1.61 bits per heavy atom. The minimum absolute atomic E-state index is 0.0357. The zero-order chi connectivity index (χ0) is 27.8. The van der Waals surface area contributed by atoms with Crippen molar-refractivity contribution in [3.63, 3.8) is 0 Å². The summed E-state index contributed by atoms with van der Waals surface area (Å²) in [7, 11) is 0. The van der Waals surface area contributed by atoms with Gasteiger partial charge in [0.25, 0.3) is 0 Å². The second kappa shape index (κ2) is 10.7. The highest BCUT2D eigenvalue weighted by Gasteiger charge is 2.38. The Balaban J connectivity index is 1.60. The number of ether oxygens (including phenoxy) is 1. The molecule has 2 N–H and O–H groups in total. The number of amides is 3. The van der Waals surface area contributed by atoms with E-state index in [2.05, 4.69) is 36.9 Å². The molecule has 1 fully saturated rings. The van der Waals surface area contributed by atoms with Gasteiger partial charge in [0.05, 0.1) is 0 Å². The quantitative estimate of drug-likeness (QED) is 0.638. The second-order valence-corrected chi connectivity index (χ2v) is 11.6. The maximum Gasteiger partial charge on any atom is 0.410 e. The third kappa shape index (κ3) is 5.79. The van der Waals surface area contributed by atoms with Gasteiger partial charge in [-0.25, -0.2) is 4.79 Å². The van der Waals surface area contributed by atoms with Crippen LogP contribution in [0.1, 0.15) is 68.9 Å². The molecule has 1 saturated heterocycles. The molecule has 0 saturated carbocycles. The molecule has 4 rings (SSSR count). The average molecular weight is 521 g/mol. The minimum Gasteiger partial charge on any atom is -0.444 e. The van der Waals surface area contributed by atoms with E-state index < -0.39 is 11.5 Å². The number of nitrogens with zero attached hydrogens (tertiary/aromatic N) is 3. The molecule has 2 aromatic rings. The van der Waals surface area contributed by atoms with Crippen molar-refractivity contribution in [1.82, 2.24) is 4.90 Å². The van der Waals surface area contributed by atoms with E-state index in [4.69, 9.17) is 10.5 Å². The molecule has 0 unspecified atom stereocenters. The molecule has 38 heavy (non-hydrogen) atoms. The summed E-state index contributed by atoms with van der Waals surface area (Å²) in [6.45, 7) is 14.2. The van der Waals surface area contributed by atoms with Crippen LogP contribution in [0.25, 0.3) is 0 Å². The average Bonchev–Trinajstić information content (AvgIpc) is 2.86. The first-order valence-electron chi connectivity index (χ1n) is 13.4. The van der Waals surface area contributed by atoms with E-state index in [0.29, 0.717) is 31.7 Å². The lowest BCUT2D eigenvalue weighted by Gasteiger charge is -2.44. The summed E-state index contributed by atoms with van der Waals surface area (Å²) in [6.07, 6.45) is 0.518. The van der Waals surface area contributed by atoms with Crippen molar-refractivity contribution in [2.24, 2.45) is 11.7 Å². The van der Waals surface area contributed by atoms with Gasteiger partial charge in [-0.1, -0.05) is 19.1 Å². The fourth-order valence-electron chi connectivity index (χ4n) is 5.61. The third-order valence-electron chi connectivity index (χ3n) is 7.80. The molecule has 2 aliphatic heterocycles. The molecule has 8 nitrogen and oxygen atoms in total. The highest BCUT2D eigenvalue weighted by molar-refractivity contribution is 5.94. The van der Waals surface area contributed by atoms with E-state index in [1.54, 1.807) is 24.0 Å². The number of carbonyl (C=O) groups is 3. The van der Waals surface area contributed by atoms with Crippen LogP contribution in [0.3, 0.4) is 0 Å². The predicted molar refractivity (Wildman–Crippen MR) is 150 cm³/mol. The Morgan fingerprint density at radius 3 is 2.16 bits per heavy atom. The van der Waals surface area contributed by atoms with Crippen molar-refractivity contribution in [1.29, 1.82) is 0 Å². The standard InChI is InChI=1S/C30H40N4O4/c1-19-20(2)34(21(3)35)27-12-11-24(32-13-15-33(16-14-32)29(37)38-30(4,5)6)18-26(27)25(19)17-22-7-9-23(10-8-22)28(31)36/h7-12,18-20,25H,13-17H2,1-6H3,(H2,31,36)/t19-,20-,25+/m0/s1. The molecule has 2 heterocycles. The van der Waals surface area contributed by atoms with Gasteiger partial charge >= 0.3 is 6.09 Å². The van der Waals surface area contributed by atoms with E-state index in [0.717, 1.165) is 28.9 Å². The lowest BCUT2D eigenvalue weighted by atomic mass is 9.74. The fourth-order valence-corrected chi connectivity index (χ4v) is 5.61. The van der Waals surface area contributed by atoms with Crippen molar-refractivity contribution in [2.75, 3.05) is 36.0 Å². The summed E-state index contributed by atoms with van der Waals surface area (Å²) in [5.41, 5.74) is 9.72. The topological polar surface area (TPSA) is 96.2 Å². The minimum atomic E-state index is -0.516. The van der Waals surface area contributed by atoms with Crippen molar-refractivity contribution >= 4 is 29.3 Å². The second-order valence-electron chi connectivity index (χ2n) is 11.6. The first kappa shape index (κ1) is 27.5. The Morgan fingerprint density at radius 1 is 0.974 bits per heavy atom. The molecule has 3 amide bonds. The first-order chi connectivity index (χ1) is 17.9. The van der Waals surface area contributed by atoms with Crippen LogP contribution in [0, 0.1) is 5.92 Å². The summed E-state index contributed by atoms with van der Waals surface area (Å²) >= 11 is 0. The molecule has 0 spiro atoms. The smallest absolute Gasteiger partial charge is 0.410 e. The van der Waals surface area contributed by atoms with Crippen LogP contribution in [0.5, 0.6) is 0 Å². The molecule has 2 aromatic carbocycles. The fraction of sp³-hybridized carbons (Fsp3) is 0.500. The zero-order valence-electron chi connectivity index (χ0n) is 23.4. The van der Waals surface area contributed by atoms with Crippen LogP contribution >= 0.6 is 0 Å². The van der Waals surface area contributed by atoms with Crippen LogP contribution in [-0.4, -0.2) is 60.6 Å². The third-order valence-corrected chi connectivity index (χ3v) is 7.80. The molecule has 0 aliphatic carbocycles. The molecule has 2 aliphatic rings. The highest BCUT2D eigenvalue weighted by Crippen LogP contribution is 2.45. The van der Waals surface area contributed by atoms with E-state index in [1.807, 2.05) is 37.8 Å². The number of anilines is 2. The molecular formula is C30H40N4O4. The summed E-state index contributed by atoms with van der Waals surface area (Å²) in [4.78, 5) is 42.7. The number of benzene rings is 2. The normalized spacial score (nSPS) is 21.6. The summed E-state index contributed by atoms with van der Waals surface area (Å²) in [5, 5.41) is 0. The summed E-state index contributed by atoms with van der Waals surface area (Å²) in [6, 6.07) is 13.9. The molecule has 8 heteroatoms. The monoisotopic (exact) mass is 520 g/mol. The van der Waals surface area contributed by atoms with Crippen LogP contribution < -0.4 is 15.5 Å². The lowest BCUT2D eigenvalue weighted by molar-refractivity contribution is -0.117. The van der Waals surface area contributed by atoms with Crippen molar-refractivity contribution in [2.45, 2.75) is 65.5 Å². The molecular weight excluding hydrogens is 480 g/mol. The van der Waals surface area contributed by atoms with E-state index in [9.17, 15) is 14.4 Å². The van der Waals surface area contributed by atoms with Gasteiger partial charge in [0, 0.05) is 56.1 Å². The maximum absolute atomic E-state index is 12.7. The van der Waals surface area contributed by atoms with Gasteiger partial charge in [-0.3, -0.25) is 9.59 Å². The van der Waals surface area contributed by atoms with Crippen LogP contribution in [0.2, 0.25) is 0 Å². The summed E-state index contributed by atoms with van der Waals surface area (Å²) < 4.78 is 5.55. The van der Waals surface area contributed by atoms with Gasteiger partial charge in [-0.05, 0) is 87.4 Å². The van der Waals surface area contributed by atoms with E-state index >= 15 is 0 Å². The Bertz CT molecular complexity index is 1200. The van der Waals surface area contributed by atoms with Gasteiger partial charge in [0.1, 0.15) is 5.60 Å². The molecule has 204 valence electrons. The molecule has 0 bridgehead atoms. The lowest BCUT2D eigenvalue weighted by Crippen LogP contribution is -2.50. The number of primary amides is 1. The van der Waals surface area contributed by atoms with Crippen molar-refractivity contribution in [3.8, 4) is 0 Å². The molecule has 0 radical (unpaired) electrons. The van der Waals surface area contributed by atoms with Gasteiger partial charge in [0.2, 0.25) is 11.8 Å². The molecule has 3 atom stereocenters. The van der Waals surface area contributed by atoms with Crippen LogP contribution in [-0.2, 0) is 16.0 Å². The number of rotatable bonds is 4.